The third-order valence-electron chi connectivity index (χ3n) is 2.86. The summed E-state index contributed by atoms with van der Waals surface area (Å²) in [6.45, 7) is 0.0891. The minimum atomic E-state index is -0.608. The standard InChI is InChI=1S/C14H15BrO5/c1-17-8-19-13(9-3-5-10(15)6-4-9)14-11(18-2)7-12(16)20-14/h3-7,13-14H,8H2,1-2H3. The van der Waals surface area contributed by atoms with Gasteiger partial charge in [0.05, 0.1) is 13.2 Å². The molecule has 2 atom stereocenters. The zero-order valence-electron chi connectivity index (χ0n) is 11.2. The van der Waals surface area contributed by atoms with E-state index >= 15 is 0 Å². The topological polar surface area (TPSA) is 54.0 Å². The number of methoxy groups -OCH3 is 2. The number of hydrogen-bond acceptors (Lipinski definition) is 5. The normalized spacial score (nSPS) is 19.4. The largest absolute Gasteiger partial charge is 0.497 e. The molecule has 1 aliphatic heterocycles. The van der Waals surface area contributed by atoms with Crippen LogP contribution in [-0.2, 0) is 23.7 Å². The van der Waals surface area contributed by atoms with Crippen molar-refractivity contribution >= 4 is 21.9 Å². The number of hydrogen-bond donors (Lipinski definition) is 0. The van der Waals surface area contributed by atoms with E-state index in [-0.39, 0.29) is 6.79 Å². The molecule has 0 saturated heterocycles. The second kappa shape index (κ2) is 6.88. The summed E-state index contributed by atoms with van der Waals surface area (Å²) in [4.78, 5) is 11.4. The molecule has 0 saturated carbocycles. The van der Waals surface area contributed by atoms with Crippen LogP contribution >= 0.6 is 15.9 Å². The molecular weight excluding hydrogens is 328 g/mol. The number of halogens is 1. The van der Waals surface area contributed by atoms with Gasteiger partial charge in [-0.2, -0.15) is 0 Å². The monoisotopic (exact) mass is 342 g/mol. The van der Waals surface area contributed by atoms with Gasteiger partial charge in [0, 0.05) is 11.6 Å². The van der Waals surface area contributed by atoms with Crippen LogP contribution in [0.5, 0.6) is 0 Å². The SMILES string of the molecule is COCOC(c1ccc(Br)cc1)C1OC(=O)C=C1OC. The fourth-order valence-corrected chi connectivity index (χ4v) is 2.22. The van der Waals surface area contributed by atoms with Crippen molar-refractivity contribution in [2.75, 3.05) is 21.0 Å². The minimum Gasteiger partial charge on any atom is -0.497 e. The molecule has 1 aromatic rings. The van der Waals surface area contributed by atoms with Crippen LogP contribution in [0.2, 0.25) is 0 Å². The van der Waals surface area contributed by atoms with E-state index in [1.165, 1.54) is 20.3 Å². The number of esters is 1. The second-order valence-corrected chi connectivity index (χ2v) is 5.07. The van der Waals surface area contributed by atoms with E-state index in [0.29, 0.717) is 5.76 Å². The van der Waals surface area contributed by atoms with Crippen molar-refractivity contribution in [3.8, 4) is 0 Å². The van der Waals surface area contributed by atoms with Gasteiger partial charge in [0.2, 0.25) is 0 Å². The zero-order chi connectivity index (χ0) is 14.5. The van der Waals surface area contributed by atoms with Gasteiger partial charge in [0.15, 0.2) is 6.10 Å². The lowest BCUT2D eigenvalue weighted by Gasteiger charge is -2.24. The molecule has 0 radical (unpaired) electrons. The maximum Gasteiger partial charge on any atom is 0.335 e. The molecule has 6 heteroatoms. The van der Waals surface area contributed by atoms with Crippen molar-refractivity contribution in [3.63, 3.8) is 0 Å². The van der Waals surface area contributed by atoms with E-state index in [1.54, 1.807) is 0 Å². The molecule has 20 heavy (non-hydrogen) atoms. The van der Waals surface area contributed by atoms with Crippen molar-refractivity contribution < 1.29 is 23.7 Å². The summed E-state index contributed by atoms with van der Waals surface area (Å²) in [5, 5.41) is 0. The number of ether oxygens (including phenoxy) is 4. The fourth-order valence-electron chi connectivity index (χ4n) is 1.95. The quantitative estimate of drug-likeness (QED) is 0.587. The first-order valence-corrected chi connectivity index (χ1v) is 6.77. The van der Waals surface area contributed by atoms with E-state index in [0.717, 1.165) is 10.0 Å². The Bertz CT molecular complexity index is 497. The lowest BCUT2D eigenvalue weighted by molar-refractivity contribution is -0.155. The molecule has 2 rings (SSSR count). The molecule has 0 amide bonds. The summed E-state index contributed by atoms with van der Waals surface area (Å²) in [7, 11) is 3.03. The van der Waals surface area contributed by atoms with E-state index in [1.807, 2.05) is 24.3 Å². The molecule has 0 aromatic heterocycles. The third-order valence-corrected chi connectivity index (χ3v) is 3.39. The average Bonchev–Trinajstić information content (AvgIpc) is 2.82. The smallest absolute Gasteiger partial charge is 0.335 e. The predicted molar refractivity (Wildman–Crippen MR) is 74.8 cm³/mol. The molecule has 2 unspecified atom stereocenters. The summed E-state index contributed by atoms with van der Waals surface area (Å²) in [6.07, 6.45) is 0.233. The first-order chi connectivity index (χ1) is 9.65. The lowest BCUT2D eigenvalue weighted by atomic mass is 10.0. The second-order valence-electron chi connectivity index (χ2n) is 4.15. The zero-order valence-corrected chi connectivity index (χ0v) is 12.8. The molecule has 1 aliphatic rings. The van der Waals surface area contributed by atoms with Gasteiger partial charge in [0.25, 0.3) is 0 Å². The maximum absolute atomic E-state index is 11.4. The van der Waals surface area contributed by atoms with Gasteiger partial charge in [-0.1, -0.05) is 28.1 Å². The van der Waals surface area contributed by atoms with Crippen molar-refractivity contribution in [1.82, 2.24) is 0 Å². The number of carbonyl (C=O) groups excluding carboxylic acids is 1. The lowest BCUT2D eigenvalue weighted by Crippen LogP contribution is -2.25. The highest BCUT2D eigenvalue weighted by Crippen LogP contribution is 2.32. The Morgan fingerprint density at radius 3 is 2.60 bits per heavy atom. The summed E-state index contributed by atoms with van der Waals surface area (Å²) < 4.78 is 22.0. The highest BCUT2D eigenvalue weighted by Gasteiger charge is 2.36. The first kappa shape index (κ1) is 15.0. The molecule has 0 spiro atoms. The Morgan fingerprint density at radius 1 is 1.30 bits per heavy atom. The summed E-state index contributed by atoms with van der Waals surface area (Å²) >= 11 is 3.38. The molecule has 0 N–H and O–H groups in total. The Kier molecular flexibility index (Phi) is 5.17. The van der Waals surface area contributed by atoms with Crippen molar-refractivity contribution in [2.45, 2.75) is 12.2 Å². The highest BCUT2D eigenvalue weighted by molar-refractivity contribution is 9.10. The Balaban J connectivity index is 2.25. The molecular formula is C14H15BrO5. The summed E-state index contributed by atoms with van der Waals surface area (Å²) in [5.74, 6) is 0.00833. The Hall–Kier alpha value is -1.37. The van der Waals surface area contributed by atoms with E-state index in [9.17, 15) is 4.79 Å². The van der Waals surface area contributed by atoms with E-state index in [2.05, 4.69) is 15.9 Å². The molecule has 108 valence electrons. The highest BCUT2D eigenvalue weighted by atomic mass is 79.9. The maximum atomic E-state index is 11.4. The van der Waals surface area contributed by atoms with Gasteiger partial charge in [-0.15, -0.1) is 0 Å². The van der Waals surface area contributed by atoms with E-state index < -0.39 is 18.2 Å². The van der Waals surface area contributed by atoms with Crippen LogP contribution in [0, 0.1) is 0 Å². The van der Waals surface area contributed by atoms with Crippen LogP contribution in [0.25, 0.3) is 0 Å². The van der Waals surface area contributed by atoms with Gasteiger partial charge in [0.1, 0.15) is 18.7 Å². The number of carbonyl (C=O) groups is 1. The number of cyclic esters (lactones) is 1. The van der Waals surface area contributed by atoms with E-state index in [4.69, 9.17) is 18.9 Å². The molecule has 0 aliphatic carbocycles. The van der Waals surface area contributed by atoms with Gasteiger partial charge < -0.3 is 18.9 Å². The molecule has 1 heterocycles. The Labute approximate surface area is 125 Å². The molecule has 5 nitrogen and oxygen atoms in total. The summed E-state index contributed by atoms with van der Waals surface area (Å²) in [5.41, 5.74) is 0.868. The van der Waals surface area contributed by atoms with Crippen LogP contribution in [0.1, 0.15) is 11.7 Å². The average molecular weight is 343 g/mol. The molecule has 0 fully saturated rings. The first-order valence-electron chi connectivity index (χ1n) is 5.98. The van der Waals surface area contributed by atoms with Crippen LogP contribution in [-0.4, -0.2) is 33.1 Å². The van der Waals surface area contributed by atoms with Crippen LogP contribution in [0.4, 0.5) is 0 Å². The van der Waals surface area contributed by atoms with Gasteiger partial charge >= 0.3 is 5.97 Å². The van der Waals surface area contributed by atoms with Crippen LogP contribution < -0.4 is 0 Å². The van der Waals surface area contributed by atoms with Crippen molar-refractivity contribution in [1.29, 1.82) is 0 Å². The van der Waals surface area contributed by atoms with Crippen LogP contribution in [0.15, 0.2) is 40.6 Å². The number of benzene rings is 1. The van der Waals surface area contributed by atoms with Crippen molar-refractivity contribution in [3.05, 3.63) is 46.1 Å². The fraction of sp³-hybridized carbons (Fsp3) is 0.357. The molecule has 1 aromatic carbocycles. The predicted octanol–water partition coefficient (Wildman–Crippen LogP) is 2.57. The Morgan fingerprint density at radius 2 is 2.00 bits per heavy atom. The number of rotatable bonds is 6. The van der Waals surface area contributed by atoms with Crippen LogP contribution in [0.3, 0.4) is 0 Å². The minimum absolute atomic E-state index is 0.0891. The van der Waals surface area contributed by atoms with Gasteiger partial charge in [-0.05, 0) is 17.7 Å². The van der Waals surface area contributed by atoms with Crippen molar-refractivity contribution in [2.24, 2.45) is 0 Å². The molecule has 0 bridgehead atoms. The van der Waals surface area contributed by atoms with Gasteiger partial charge in [-0.25, -0.2) is 4.79 Å². The van der Waals surface area contributed by atoms with Gasteiger partial charge in [-0.3, -0.25) is 0 Å². The third kappa shape index (κ3) is 3.39. The summed E-state index contributed by atoms with van der Waals surface area (Å²) in [6, 6.07) is 7.57.